The van der Waals surface area contributed by atoms with Crippen LogP contribution < -0.4 is 5.32 Å². The van der Waals surface area contributed by atoms with Crippen LogP contribution in [0.3, 0.4) is 0 Å². The monoisotopic (exact) mass is 265 g/mol. The minimum atomic E-state index is -1.06. The van der Waals surface area contributed by atoms with Crippen LogP contribution in [0.25, 0.3) is 0 Å². The standard InChI is InChI=1S/C14H19NO4/c1-2-3-4-13(17)15-12(14(18)19)9-10-5-7-11(16)8-6-10/h5-8,12,16H,2-4,9H2,1H3,(H,15,17)(H,18,19)/t12-/m0/s1. The van der Waals surface area contributed by atoms with E-state index in [2.05, 4.69) is 5.32 Å². The lowest BCUT2D eigenvalue weighted by Crippen LogP contribution is -2.42. The third-order valence-corrected chi connectivity index (χ3v) is 2.77. The van der Waals surface area contributed by atoms with Gasteiger partial charge < -0.3 is 15.5 Å². The van der Waals surface area contributed by atoms with E-state index in [1.807, 2.05) is 6.92 Å². The molecule has 0 radical (unpaired) electrons. The normalized spacial score (nSPS) is 11.8. The van der Waals surface area contributed by atoms with Crippen molar-refractivity contribution in [2.24, 2.45) is 0 Å². The predicted molar refractivity (Wildman–Crippen MR) is 70.9 cm³/mol. The number of unbranched alkanes of at least 4 members (excludes halogenated alkanes) is 1. The van der Waals surface area contributed by atoms with Crippen molar-refractivity contribution in [1.82, 2.24) is 5.32 Å². The van der Waals surface area contributed by atoms with Gasteiger partial charge in [0.2, 0.25) is 5.91 Å². The van der Waals surface area contributed by atoms with E-state index in [4.69, 9.17) is 10.2 Å². The van der Waals surface area contributed by atoms with Crippen molar-refractivity contribution >= 4 is 11.9 Å². The Morgan fingerprint density at radius 1 is 1.26 bits per heavy atom. The number of rotatable bonds is 7. The number of phenols is 1. The van der Waals surface area contributed by atoms with Gasteiger partial charge in [-0.2, -0.15) is 0 Å². The number of carboxylic acid groups (broad SMARTS) is 1. The fourth-order valence-electron chi connectivity index (χ4n) is 1.67. The Kier molecular flexibility index (Phi) is 5.85. The van der Waals surface area contributed by atoms with Crippen molar-refractivity contribution in [2.75, 3.05) is 0 Å². The van der Waals surface area contributed by atoms with Gasteiger partial charge >= 0.3 is 5.97 Å². The van der Waals surface area contributed by atoms with Gasteiger partial charge in [-0.05, 0) is 24.1 Å². The van der Waals surface area contributed by atoms with E-state index in [0.717, 1.165) is 18.4 Å². The van der Waals surface area contributed by atoms with Gasteiger partial charge in [0.05, 0.1) is 0 Å². The molecule has 1 aromatic rings. The molecule has 1 aromatic carbocycles. The number of aliphatic carboxylic acids is 1. The summed E-state index contributed by atoms with van der Waals surface area (Å²) in [6.45, 7) is 1.97. The zero-order chi connectivity index (χ0) is 14.3. The van der Waals surface area contributed by atoms with Crippen LogP contribution in [0.15, 0.2) is 24.3 Å². The van der Waals surface area contributed by atoms with Crippen LogP contribution in [0.1, 0.15) is 31.7 Å². The average molecular weight is 265 g/mol. The van der Waals surface area contributed by atoms with Crippen LogP contribution in [0, 0.1) is 0 Å². The summed E-state index contributed by atoms with van der Waals surface area (Å²) in [4.78, 5) is 22.7. The molecule has 0 bridgehead atoms. The average Bonchev–Trinajstić information content (AvgIpc) is 2.38. The fourth-order valence-corrected chi connectivity index (χ4v) is 1.67. The first-order chi connectivity index (χ1) is 9.02. The summed E-state index contributed by atoms with van der Waals surface area (Å²) in [5, 5.41) is 20.8. The molecule has 0 aliphatic heterocycles. The van der Waals surface area contributed by atoms with Crippen molar-refractivity contribution in [3.05, 3.63) is 29.8 Å². The van der Waals surface area contributed by atoms with Crippen molar-refractivity contribution < 1.29 is 19.8 Å². The highest BCUT2D eigenvalue weighted by Gasteiger charge is 2.19. The summed E-state index contributed by atoms with van der Waals surface area (Å²) >= 11 is 0. The van der Waals surface area contributed by atoms with Crippen LogP contribution in [0.5, 0.6) is 5.75 Å². The van der Waals surface area contributed by atoms with E-state index in [1.165, 1.54) is 12.1 Å². The molecule has 0 aromatic heterocycles. The van der Waals surface area contributed by atoms with Crippen LogP contribution in [0.4, 0.5) is 0 Å². The van der Waals surface area contributed by atoms with Crippen LogP contribution in [-0.4, -0.2) is 28.1 Å². The predicted octanol–water partition coefficient (Wildman–Crippen LogP) is 1.69. The first-order valence-electron chi connectivity index (χ1n) is 6.33. The van der Waals surface area contributed by atoms with E-state index >= 15 is 0 Å². The summed E-state index contributed by atoms with van der Waals surface area (Å²) in [7, 11) is 0. The van der Waals surface area contributed by atoms with Gasteiger partial charge in [-0.15, -0.1) is 0 Å². The third kappa shape index (κ3) is 5.42. The summed E-state index contributed by atoms with van der Waals surface area (Å²) in [5.41, 5.74) is 0.751. The lowest BCUT2D eigenvalue weighted by molar-refractivity contribution is -0.141. The molecule has 0 spiro atoms. The van der Waals surface area contributed by atoms with Gasteiger partial charge in [0.25, 0.3) is 0 Å². The lowest BCUT2D eigenvalue weighted by atomic mass is 10.1. The minimum Gasteiger partial charge on any atom is -0.508 e. The number of amides is 1. The molecular weight excluding hydrogens is 246 g/mol. The first kappa shape index (κ1) is 15.0. The Balaban J connectivity index is 2.60. The number of carbonyl (C=O) groups is 2. The number of carbonyl (C=O) groups excluding carboxylic acids is 1. The van der Waals surface area contributed by atoms with Gasteiger partial charge in [0.1, 0.15) is 11.8 Å². The number of hydrogen-bond acceptors (Lipinski definition) is 3. The topological polar surface area (TPSA) is 86.6 Å². The Hall–Kier alpha value is -2.04. The second kappa shape index (κ2) is 7.41. The van der Waals surface area contributed by atoms with Crippen molar-refractivity contribution in [3.8, 4) is 5.75 Å². The number of phenolic OH excluding ortho intramolecular Hbond substituents is 1. The molecule has 5 heteroatoms. The van der Waals surface area contributed by atoms with Gasteiger partial charge in [-0.25, -0.2) is 4.79 Å². The fraction of sp³-hybridized carbons (Fsp3) is 0.429. The van der Waals surface area contributed by atoms with Crippen LogP contribution >= 0.6 is 0 Å². The highest BCUT2D eigenvalue weighted by molar-refractivity contribution is 5.83. The second-order valence-electron chi connectivity index (χ2n) is 4.43. The third-order valence-electron chi connectivity index (χ3n) is 2.77. The number of benzene rings is 1. The van der Waals surface area contributed by atoms with E-state index < -0.39 is 12.0 Å². The largest absolute Gasteiger partial charge is 0.508 e. The van der Waals surface area contributed by atoms with E-state index in [1.54, 1.807) is 12.1 Å². The number of hydrogen-bond donors (Lipinski definition) is 3. The molecule has 0 unspecified atom stereocenters. The Labute approximate surface area is 112 Å². The second-order valence-corrected chi connectivity index (χ2v) is 4.43. The summed E-state index contributed by atoms with van der Waals surface area (Å²) in [6, 6.07) is 5.33. The van der Waals surface area contributed by atoms with Crippen molar-refractivity contribution in [1.29, 1.82) is 0 Å². The molecule has 5 nitrogen and oxygen atoms in total. The zero-order valence-electron chi connectivity index (χ0n) is 10.9. The van der Waals surface area contributed by atoms with Gasteiger partial charge in [-0.1, -0.05) is 25.5 Å². The molecule has 0 aliphatic rings. The minimum absolute atomic E-state index is 0.127. The zero-order valence-corrected chi connectivity index (χ0v) is 10.9. The molecule has 19 heavy (non-hydrogen) atoms. The summed E-state index contributed by atoms with van der Waals surface area (Å²) < 4.78 is 0. The maximum atomic E-state index is 11.5. The highest BCUT2D eigenvalue weighted by Crippen LogP contribution is 2.11. The molecule has 0 saturated carbocycles. The highest BCUT2D eigenvalue weighted by atomic mass is 16.4. The number of aromatic hydroxyl groups is 1. The Morgan fingerprint density at radius 3 is 2.42 bits per heavy atom. The van der Waals surface area contributed by atoms with Crippen LogP contribution in [0.2, 0.25) is 0 Å². The molecule has 104 valence electrons. The summed E-state index contributed by atoms with van der Waals surface area (Å²) in [5.74, 6) is -1.17. The Bertz CT molecular complexity index is 428. The molecule has 0 heterocycles. The molecule has 0 fully saturated rings. The van der Waals surface area contributed by atoms with E-state index in [-0.39, 0.29) is 18.1 Å². The maximum Gasteiger partial charge on any atom is 0.326 e. The van der Waals surface area contributed by atoms with E-state index in [9.17, 15) is 9.59 Å². The van der Waals surface area contributed by atoms with Crippen molar-refractivity contribution in [2.45, 2.75) is 38.6 Å². The lowest BCUT2D eigenvalue weighted by Gasteiger charge is -2.14. The maximum absolute atomic E-state index is 11.5. The molecule has 0 aliphatic carbocycles. The first-order valence-corrected chi connectivity index (χ1v) is 6.33. The van der Waals surface area contributed by atoms with Crippen LogP contribution in [-0.2, 0) is 16.0 Å². The molecule has 1 rings (SSSR count). The quantitative estimate of drug-likeness (QED) is 0.700. The number of nitrogens with one attached hydrogen (secondary N) is 1. The SMILES string of the molecule is CCCCC(=O)N[C@@H](Cc1ccc(O)cc1)C(=O)O. The van der Waals surface area contributed by atoms with Gasteiger partial charge in [0, 0.05) is 12.8 Å². The van der Waals surface area contributed by atoms with Crippen molar-refractivity contribution in [3.63, 3.8) is 0 Å². The van der Waals surface area contributed by atoms with Gasteiger partial charge in [-0.3, -0.25) is 4.79 Å². The molecule has 1 amide bonds. The molecule has 3 N–H and O–H groups in total. The Morgan fingerprint density at radius 2 is 1.89 bits per heavy atom. The molecule has 0 saturated heterocycles. The smallest absolute Gasteiger partial charge is 0.326 e. The van der Waals surface area contributed by atoms with E-state index in [0.29, 0.717) is 6.42 Å². The molecular formula is C14H19NO4. The van der Waals surface area contributed by atoms with Gasteiger partial charge in [0.15, 0.2) is 0 Å². The summed E-state index contributed by atoms with van der Waals surface area (Å²) in [6.07, 6.45) is 2.18. The molecule has 1 atom stereocenters. The number of carboxylic acids is 1.